The van der Waals surface area contributed by atoms with Crippen molar-refractivity contribution in [3.8, 4) is 0 Å². The van der Waals surface area contributed by atoms with E-state index < -0.39 is 13.4 Å². The van der Waals surface area contributed by atoms with Crippen LogP contribution in [-0.4, -0.2) is 39.9 Å². The first-order valence-electron chi connectivity index (χ1n) is 3.63. The Morgan fingerprint density at radius 1 is 1.33 bits per heavy atom. The molecule has 12 heavy (non-hydrogen) atoms. The zero-order chi connectivity index (χ0) is 9.03. The summed E-state index contributed by atoms with van der Waals surface area (Å²) in [7, 11) is -0.433. The minimum atomic E-state index is -3.10. The van der Waals surface area contributed by atoms with Crippen molar-refractivity contribution in [3.63, 3.8) is 0 Å². The standard InChI is InChI=1S/C6H13O5P/c1-8-12(7,9-2)6-5-10-3-4-11-6/h6H,3-5H2,1-2H3. The molecule has 5 nitrogen and oxygen atoms in total. The first kappa shape index (κ1) is 10.2. The van der Waals surface area contributed by atoms with Crippen molar-refractivity contribution in [1.82, 2.24) is 0 Å². The van der Waals surface area contributed by atoms with E-state index in [-0.39, 0.29) is 6.61 Å². The van der Waals surface area contributed by atoms with Gasteiger partial charge < -0.3 is 18.5 Å². The molecule has 0 aromatic heterocycles. The van der Waals surface area contributed by atoms with Gasteiger partial charge in [-0.05, 0) is 0 Å². The van der Waals surface area contributed by atoms with Gasteiger partial charge in [0.2, 0.25) is 0 Å². The Balaban J connectivity index is 2.58. The van der Waals surface area contributed by atoms with Crippen LogP contribution >= 0.6 is 7.60 Å². The van der Waals surface area contributed by atoms with Gasteiger partial charge in [-0.2, -0.15) is 0 Å². The second kappa shape index (κ2) is 4.35. The molecular weight excluding hydrogens is 183 g/mol. The Morgan fingerprint density at radius 3 is 2.42 bits per heavy atom. The van der Waals surface area contributed by atoms with Crippen LogP contribution in [0.4, 0.5) is 0 Å². The van der Waals surface area contributed by atoms with Crippen molar-refractivity contribution >= 4 is 7.60 Å². The van der Waals surface area contributed by atoms with Gasteiger partial charge in [0.1, 0.15) is 0 Å². The van der Waals surface area contributed by atoms with Gasteiger partial charge >= 0.3 is 7.60 Å². The summed E-state index contributed by atoms with van der Waals surface area (Å²) in [5, 5.41) is 0. The van der Waals surface area contributed by atoms with E-state index >= 15 is 0 Å². The fourth-order valence-electron chi connectivity index (χ4n) is 0.968. The van der Waals surface area contributed by atoms with Crippen molar-refractivity contribution in [2.45, 2.75) is 5.85 Å². The van der Waals surface area contributed by atoms with Crippen LogP contribution in [0.2, 0.25) is 0 Å². The molecule has 0 aromatic rings. The average molecular weight is 196 g/mol. The maximum atomic E-state index is 11.7. The van der Waals surface area contributed by atoms with Gasteiger partial charge in [0, 0.05) is 14.2 Å². The zero-order valence-electron chi connectivity index (χ0n) is 7.19. The van der Waals surface area contributed by atoms with E-state index in [1.807, 2.05) is 0 Å². The van der Waals surface area contributed by atoms with Crippen LogP contribution in [0, 0.1) is 0 Å². The number of hydrogen-bond donors (Lipinski definition) is 0. The van der Waals surface area contributed by atoms with E-state index in [9.17, 15) is 4.57 Å². The minimum Gasteiger partial charge on any atom is -0.376 e. The topological polar surface area (TPSA) is 54.0 Å². The smallest absolute Gasteiger partial charge is 0.361 e. The molecule has 6 heteroatoms. The fraction of sp³-hybridized carbons (Fsp3) is 1.00. The molecule has 1 aliphatic rings. The molecule has 1 aliphatic heterocycles. The number of hydrogen-bond acceptors (Lipinski definition) is 5. The van der Waals surface area contributed by atoms with Gasteiger partial charge in [0.05, 0.1) is 19.8 Å². The average Bonchev–Trinajstić information content (AvgIpc) is 2.18. The lowest BCUT2D eigenvalue weighted by Crippen LogP contribution is -2.29. The van der Waals surface area contributed by atoms with E-state index in [4.69, 9.17) is 18.5 Å². The highest BCUT2D eigenvalue weighted by Gasteiger charge is 2.36. The molecule has 0 amide bonds. The lowest BCUT2D eigenvalue weighted by Gasteiger charge is -2.27. The highest BCUT2D eigenvalue weighted by molar-refractivity contribution is 7.54. The number of rotatable bonds is 3. The summed E-state index contributed by atoms with van der Waals surface area (Å²) < 4.78 is 31.4. The van der Waals surface area contributed by atoms with E-state index in [2.05, 4.69) is 0 Å². The normalized spacial score (nSPS) is 25.7. The van der Waals surface area contributed by atoms with Gasteiger partial charge in [0.15, 0.2) is 5.85 Å². The minimum absolute atomic E-state index is 0.263. The van der Waals surface area contributed by atoms with Crippen molar-refractivity contribution in [2.24, 2.45) is 0 Å². The first-order chi connectivity index (χ1) is 5.73. The molecule has 1 heterocycles. The van der Waals surface area contributed by atoms with E-state index in [1.54, 1.807) is 0 Å². The molecular formula is C6H13O5P. The molecule has 0 aliphatic carbocycles. The van der Waals surface area contributed by atoms with Gasteiger partial charge in [-0.1, -0.05) is 0 Å². The van der Waals surface area contributed by atoms with Gasteiger partial charge in [-0.3, -0.25) is 4.57 Å². The van der Waals surface area contributed by atoms with Crippen LogP contribution in [0.5, 0.6) is 0 Å². The van der Waals surface area contributed by atoms with Crippen molar-refractivity contribution in [2.75, 3.05) is 34.0 Å². The molecule has 1 saturated heterocycles. The third-order valence-corrected chi connectivity index (χ3v) is 3.68. The molecule has 0 aromatic carbocycles. The predicted octanol–water partition coefficient (Wildman–Crippen LogP) is 0.845. The summed E-state index contributed by atoms with van der Waals surface area (Å²) in [4.78, 5) is 0. The van der Waals surface area contributed by atoms with Crippen LogP contribution in [0.1, 0.15) is 0 Å². The van der Waals surface area contributed by atoms with Crippen LogP contribution in [0.15, 0.2) is 0 Å². The second-order valence-electron chi connectivity index (χ2n) is 2.31. The third-order valence-electron chi connectivity index (χ3n) is 1.66. The largest absolute Gasteiger partial charge is 0.376 e. The maximum Gasteiger partial charge on any atom is 0.361 e. The van der Waals surface area contributed by atoms with Crippen molar-refractivity contribution in [3.05, 3.63) is 0 Å². The predicted molar refractivity (Wildman–Crippen MR) is 42.2 cm³/mol. The monoisotopic (exact) mass is 196 g/mol. The molecule has 1 atom stereocenters. The molecule has 0 bridgehead atoms. The Labute approximate surface area is 71.5 Å². The quantitative estimate of drug-likeness (QED) is 0.626. The molecule has 0 spiro atoms. The first-order valence-corrected chi connectivity index (χ1v) is 5.24. The number of ether oxygens (including phenoxy) is 2. The van der Waals surface area contributed by atoms with Gasteiger partial charge in [0.25, 0.3) is 0 Å². The molecule has 0 radical (unpaired) electrons. The van der Waals surface area contributed by atoms with Crippen LogP contribution < -0.4 is 0 Å². The Hall–Kier alpha value is 0.0700. The fourth-order valence-corrected chi connectivity index (χ4v) is 2.16. The van der Waals surface area contributed by atoms with E-state index in [0.717, 1.165) is 0 Å². The Kier molecular flexibility index (Phi) is 3.68. The second-order valence-corrected chi connectivity index (χ2v) is 4.69. The van der Waals surface area contributed by atoms with Crippen molar-refractivity contribution in [1.29, 1.82) is 0 Å². The van der Waals surface area contributed by atoms with Gasteiger partial charge in [-0.25, -0.2) is 0 Å². The highest BCUT2D eigenvalue weighted by atomic mass is 31.2. The Bertz CT molecular complexity index is 169. The summed E-state index contributed by atoms with van der Waals surface area (Å²) in [6, 6.07) is 0. The summed E-state index contributed by atoms with van der Waals surface area (Å²) in [5.41, 5.74) is 0. The summed E-state index contributed by atoms with van der Waals surface area (Å²) in [5.74, 6) is -0.582. The van der Waals surface area contributed by atoms with E-state index in [1.165, 1.54) is 14.2 Å². The highest BCUT2D eigenvalue weighted by Crippen LogP contribution is 2.52. The molecule has 1 unspecified atom stereocenters. The molecule has 1 fully saturated rings. The lowest BCUT2D eigenvalue weighted by atomic mass is 10.6. The summed E-state index contributed by atoms with van der Waals surface area (Å²) in [6.45, 7) is 1.23. The van der Waals surface area contributed by atoms with Crippen LogP contribution in [0.25, 0.3) is 0 Å². The third kappa shape index (κ3) is 2.06. The zero-order valence-corrected chi connectivity index (χ0v) is 8.08. The Morgan fingerprint density at radius 2 is 2.00 bits per heavy atom. The summed E-state index contributed by atoms with van der Waals surface area (Å²) in [6.07, 6.45) is 0. The van der Waals surface area contributed by atoms with Gasteiger partial charge in [-0.15, -0.1) is 0 Å². The molecule has 72 valence electrons. The maximum absolute atomic E-state index is 11.7. The summed E-state index contributed by atoms with van der Waals surface area (Å²) >= 11 is 0. The molecule has 1 rings (SSSR count). The van der Waals surface area contributed by atoms with Crippen LogP contribution in [-0.2, 0) is 23.1 Å². The SMILES string of the molecule is COP(=O)(OC)C1COCCO1. The molecule has 0 N–H and O–H groups in total. The van der Waals surface area contributed by atoms with E-state index in [0.29, 0.717) is 13.2 Å². The lowest BCUT2D eigenvalue weighted by molar-refractivity contribution is -0.0640. The molecule has 0 saturated carbocycles. The van der Waals surface area contributed by atoms with Crippen LogP contribution in [0.3, 0.4) is 0 Å². The van der Waals surface area contributed by atoms with Crippen molar-refractivity contribution < 1.29 is 23.1 Å².